The number of fused-ring (bicyclic) bond motifs is 1. The molecule has 192 valence electrons. The minimum atomic E-state index is -0.00779. The van der Waals surface area contributed by atoms with Gasteiger partial charge in [-0.1, -0.05) is 6.07 Å². The van der Waals surface area contributed by atoms with E-state index in [4.69, 9.17) is 14.2 Å². The molecule has 0 unspecified atom stereocenters. The van der Waals surface area contributed by atoms with E-state index in [9.17, 15) is 4.79 Å². The molecule has 1 aliphatic rings. The van der Waals surface area contributed by atoms with Crippen LogP contribution in [0.2, 0.25) is 0 Å². The lowest BCUT2D eigenvalue weighted by Crippen LogP contribution is -2.40. The average molecular weight is 520 g/mol. The fourth-order valence-electron chi connectivity index (χ4n) is 4.51. The van der Waals surface area contributed by atoms with Crippen molar-refractivity contribution in [1.29, 1.82) is 0 Å². The first-order valence-electron chi connectivity index (χ1n) is 12.1. The number of thiazole rings is 1. The van der Waals surface area contributed by atoms with Gasteiger partial charge in [-0.15, -0.1) is 11.3 Å². The number of ether oxygens (including phenoxy) is 3. The summed E-state index contributed by atoms with van der Waals surface area (Å²) in [5.74, 6) is 2.12. The predicted octanol–water partition coefficient (Wildman–Crippen LogP) is 4.73. The van der Waals surface area contributed by atoms with Crippen molar-refractivity contribution in [3.63, 3.8) is 0 Å². The van der Waals surface area contributed by atoms with Gasteiger partial charge in [0.25, 0.3) is 0 Å². The number of nitrogens with zero attached hydrogens (tertiary/aromatic N) is 4. The van der Waals surface area contributed by atoms with Gasteiger partial charge in [-0.2, -0.15) is 0 Å². The Labute approximate surface area is 219 Å². The van der Waals surface area contributed by atoms with Crippen LogP contribution < -0.4 is 14.8 Å². The third kappa shape index (κ3) is 5.81. The van der Waals surface area contributed by atoms with Crippen LogP contribution in [0.3, 0.4) is 0 Å². The molecular weight excluding hydrogens is 490 g/mol. The van der Waals surface area contributed by atoms with Crippen molar-refractivity contribution < 1.29 is 19.0 Å². The second kappa shape index (κ2) is 11.5. The molecule has 1 amide bonds. The molecule has 0 bridgehead atoms. The van der Waals surface area contributed by atoms with Gasteiger partial charge >= 0.3 is 0 Å². The van der Waals surface area contributed by atoms with Gasteiger partial charge in [0.15, 0.2) is 0 Å². The van der Waals surface area contributed by atoms with E-state index in [2.05, 4.69) is 20.3 Å². The molecule has 0 aliphatic carbocycles. The minimum Gasteiger partial charge on any atom is -0.491 e. The summed E-state index contributed by atoms with van der Waals surface area (Å²) in [6, 6.07) is 11.7. The molecule has 5 rings (SSSR count). The molecule has 1 saturated heterocycles. The number of benzene rings is 2. The van der Waals surface area contributed by atoms with Gasteiger partial charge in [0.1, 0.15) is 43.5 Å². The van der Waals surface area contributed by atoms with Crippen LogP contribution in [0.25, 0.3) is 10.9 Å². The van der Waals surface area contributed by atoms with Crippen LogP contribution >= 0.6 is 11.3 Å². The van der Waals surface area contributed by atoms with Crippen molar-refractivity contribution in [3.05, 3.63) is 64.9 Å². The van der Waals surface area contributed by atoms with Gasteiger partial charge in [-0.3, -0.25) is 4.79 Å². The number of rotatable bonds is 10. The van der Waals surface area contributed by atoms with E-state index in [1.54, 1.807) is 16.8 Å². The van der Waals surface area contributed by atoms with Crippen molar-refractivity contribution in [3.8, 4) is 11.5 Å². The molecule has 4 aromatic rings. The number of likely N-dealkylation sites (tertiary alicyclic amines) is 1. The van der Waals surface area contributed by atoms with Gasteiger partial charge in [0.05, 0.1) is 28.1 Å². The molecule has 1 fully saturated rings. The summed E-state index contributed by atoms with van der Waals surface area (Å²) in [6.07, 6.45) is 3.39. The molecule has 2 aromatic carbocycles. The Morgan fingerprint density at radius 2 is 2.08 bits per heavy atom. The maximum absolute atomic E-state index is 12.4. The third-order valence-electron chi connectivity index (χ3n) is 6.32. The van der Waals surface area contributed by atoms with E-state index in [-0.39, 0.29) is 18.6 Å². The van der Waals surface area contributed by atoms with E-state index < -0.39 is 0 Å². The summed E-state index contributed by atoms with van der Waals surface area (Å²) in [7, 11) is 1.54. The molecule has 1 N–H and O–H groups in total. The van der Waals surface area contributed by atoms with E-state index in [0.717, 1.165) is 53.0 Å². The second-order valence-corrected chi connectivity index (χ2v) is 9.59. The Kier molecular flexibility index (Phi) is 7.76. The van der Waals surface area contributed by atoms with E-state index >= 15 is 0 Å². The summed E-state index contributed by atoms with van der Waals surface area (Å²) in [6.45, 7) is 3.65. The van der Waals surface area contributed by atoms with Gasteiger partial charge in [-0.25, -0.2) is 15.0 Å². The highest BCUT2D eigenvalue weighted by atomic mass is 32.1. The molecule has 9 nitrogen and oxygen atoms in total. The zero-order valence-electron chi connectivity index (χ0n) is 20.8. The largest absolute Gasteiger partial charge is 0.491 e. The summed E-state index contributed by atoms with van der Waals surface area (Å²) in [5, 5.41) is 6.19. The molecule has 10 heteroatoms. The van der Waals surface area contributed by atoms with Crippen molar-refractivity contribution in [1.82, 2.24) is 19.9 Å². The van der Waals surface area contributed by atoms with Crippen LogP contribution in [-0.2, 0) is 16.1 Å². The van der Waals surface area contributed by atoms with Crippen LogP contribution in [0.1, 0.15) is 24.1 Å². The zero-order chi connectivity index (χ0) is 25.6. The highest BCUT2D eigenvalue weighted by Crippen LogP contribution is 2.33. The number of aryl methyl sites for hydroxylation is 1. The first-order chi connectivity index (χ1) is 18.1. The lowest BCUT2D eigenvalue weighted by atomic mass is 10.1. The number of hydrogen-bond donors (Lipinski definition) is 1. The van der Waals surface area contributed by atoms with E-state index in [1.165, 1.54) is 13.4 Å². The molecule has 2 aromatic heterocycles. The molecule has 3 heterocycles. The van der Waals surface area contributed by atoms with Gasteiger partial charge < -0.3 is 24.4 Å². The van der Waals surface area contributed by atoms with Crippen molar-refractivity contribution >= 4 is 39.7 Å². The highest BCUT2D eigenvalue weighted by molar-refractivity contribution is 7.07. The van der Waals surface area contributed by atoms with Gasteiger partial charge in [0, 0.05) is 24.7 Å². The van der Waals surface area contributed by atoms with Crippen LogP contribution in [0.5, 0.6) is 11.5 Å². The van der Waals surface area contributed by atoms with Crippen LogP contribution in [-0.4, -0.2) is 58.7 Å². The topological polar surface area (TPSA) is 98.7 Å². The van der Waals surface area contributed by atoms with Crippen molar-refractivity contribution in [2.45, 2.75) is 32.4 Å². The number of carbonyl (C=O) groups is 1. The number of nitrogens with one attached hydrogen (secondary N) is 1. The summed E-state index contributed by atoms with van der Waals surface area (Å²) in [5.41, 5.74) is 5.36. The number of anilines is 2. The molecule has 1 aliphatic heterocycles. The van der Waals surface area contributed by atoms with Crippen LogP contribution in [0.4, 0.5) is 11.5 Å². The fourth-order valence-corrected chi connectivity index (χ4v) is 5.05. The second-order valence-electron chi connectivity index (χ2n) is 8.87. The predicted molar refractivity (Wildman–Crippen MR) is 143 cm³/mol. The lowest BCUT2D eigenvalue weighted by Gasteiger charge is -2.25. The summed E-state index contributed by atoms with van der Waals surface area (Å²) < 4.78 is 17.2. The quantitative estimate of drug-likeness (QED) is 0.321. The first-order valence-corrected chi connectivity index (χ1v) is 13.1. The van der Waals surface area contributed by atoms with Gasteiger partial charge in [0.2, 0.25) is 5.91 Å². The Morgan fingerprint density at radius 3 is 2.89 bits per heavy atom. The Bertz CT molecular complexity index is 1360. The first kappa shape index (κ1) is 24.9. The fraction of sp³-hybridized carbons (Fsp3) is 0.333. The minimum absolute atomic E-state index is 0.00779. The Balaban J connectivity index is 1.32. The zero-order valence-corrected chi connectivity index (χ0v) is 21.7. The Hall–Kier alpha value is -3.76. The van der Waals surface area contributed by atoms with Crippen LogP contribution in [0.15, 0.2) is 53.6 Å². The molecule has 0 spiro atoms. The number of carbonyl (C=O) groups excluding carboxylic acids is 1. The SMILES string of the molecule is COCC(=O)N1CCC[C@@H]1COc1cccc2ncnc(Nc3ccc(OCc4cscn4)c(C)c3)c12. The van der Waals surface area contributed by atoms with E-state index in [0.29, 0.717) is 24.8 Å². The lowest BCUT2D eigenvalue weighted by molar-refractivity contribution is -0.136. The molecule has 1 atom stereocenters. The average Bonchev–Trinajstić information content (AvgIpc) is 3.59. The smallest absolute Gasteiger partial charge is 0.248 e. The molecule has 0 radical (unpaired) electrons. The third-order valence-corrected chi connectivity index (χ3v) is 6.95. The number of methoxy groups -OCH3 is 1. The molecular formula is C27H29N5O4S. The molecule has 37 heavy (non-hydrogen) atoms. The monoisotopic (exact) mass is 519 g/mol. The summed E-state index contributed by atoms with van der Waals surface area (Å²) >= 11 is 1.55. The van der Waals surface area contributed by atoms with Gasteiger partial charge in [-0.05, 0) is 55.7 Å². The standard InChI is InChI=1S/C27H29N5O4S/c1-18-11-19(8-9-23(18)35-12-20-15-37-17-30-20)31-27-26-22(28-16-29-27)6-3-7-24(26)36-13-21-5-4-10-32(21)25(33)14-34-2/h3,6-9,11,15-17,21H,4-5,10,12-14H2,1-2H3,(H,28,29,31)/t21-/m1/s1. The van der Waals surface area contributed by atoms with Crippen LogP contribution in [0, 0.1) is 6.92 Å². The maximum atomic E-state index is 12.4. The normalized spacial score (nSPS) is 15.2. The number of aromatic nitrogens is 3. The van der Waals surface area contributed by atoms with Crippen molar-refractivity contribution in [2.24, 2.45) is 0 Å². The molecule has 0 saturated carbocycles. The highest BCUT2D eigenvalue weighted by Gasteiger charge is 2.29. The van der Waals surface area contributed by atoms with E-state index in [1.807, 2.05) is 53.6 Å². The number of amides is 1. The summed E-state index contributed by atoms with van der Waals surface area (Å²) in [4.78, 5) is 27.5. The Morgan fingerprint density at radius 1 is 1.16 bits per heavy atom. The number of hydrogen-bond acceptors (Lipinski definition) is 9. The maximum Gasteiger partial charge on any atom is 0.248 e. The van der Waals surface area contributed by atoms with Crippen molar-refractivity contribution in [2.75, 3.05) is 32.2 Å².